The van der Waals surface area contributed by atoms with Crippen LogP contribution >= 0.6 is 11.3 Å². The van der Waals surface area contributed by atoms with Gasteiger partial charge in [0.2, 0.25) is 0 Å². The van der Waals surface area contributed by atoms with E-state index in [1.807, 2.05) is 24.4 Å². The average molecular weight is 367 g/mol. The molecule has 7 heteroatoms. The molecule has 0 aliphatic carbocycles. The van der Waals surface area contributed by atoms with Crippen LogP contribution in [0.5, 0.6) is 0 Å². The fraction of sp³-hybridized carbons (Fsp3) is 0.105. The molecule has 3 rings (SSSR count). The predicted octanol–water partition coefficient (Wildman–Crippen LogP) is 3.17. The van der Waals surface area contributed by atoms with Crippen molar-refractivity contribution in [3.8, 4) is 11.3 Å². The number of hydroxylamine groups is 1. The maximum atomic E-state index is 12.3. The Morgan fingerprint density at radius 1 is 1.00 bits per heavy atom. The number of carbonyl (C=O) groups excluding carboxylic acids is 2. The van der Waals surface area contributed by atoms with E-state index in [0.29, 0.717) is 17.7 Å². The minimum Gasteiger partial charge on any atom is -0.348 e. The van der Waals surface area contributed by atoms with Crippen LogP contribution in [-0.4, -0.2) is 22.0 Å². The summed E-state index contributed by atoms with van der Waals surface area (Å²) in [6.07, 6.45) is 0. The van der Waals surface area contributed by atoms with E-state index in [0.717, 1.165) is 21.8 Å². The van der Waals surface area contributed by atoms with Crippen LogP contribution in [0.3, 0.4) is 0 Å². The molecule has 0 bridgehead atoms. The number of amides is 2. The fourth-order valence-corrected chi connectivity index (χ4v) is 3.03. The van der Waals surface area contributed by atoms with Gasteiger partial charge < -0.3 is 5.32 Å². The normalized spacial score (nSPS) is 10.4. The van der Waals surface area contributed by atoms with Gasteiger partial charge in [0, 0.05) is 28.6 Å². The summed E-state index contributed by atoms with van der Waals surface area (Å²) in [5, 5.41) is 14.4. The van der Waals surface area contributed by atoms with E-state index in [-0.39, 0.29) is 5.91 Å². The molecule has 0 fully saturated rings. The summed E-state index contributed by atoms with van der Waals surface area (Å²) in [6.45, 7) is 2.30. The summed E-state index contributed by atoms with van der Waals surface area (Å²) in [4.78, 5) is 28.0. The second kappa shape index (κ2) is 7.90. The van der Waals surface area contributed by atoms with Gasteiger partial charge in [0.25, 0.3) is 11.8 Å². The number of thiazole rings is 1. The molecule has 0 radical (unpaired) electrons. The van der Waals surface area contributed by atoms with Gasteiger partial charge in [-0.05, 0) is 36.8 Å². The lowest BCUT2D eigenvalue weighted by atomic mass is 10.1. The number of nitrogens with zero attached hydrogens (tertiary/aromatic N) is 1. The summed E-state index contributed by atoms with van der Waals surface area (Å²) in [5.41, 5.74) is 5.22. The van der Waals surface area contributed by atoms with E-state index >= 15 is 0 Å². The van der Waals surface area contributed by atoms with Crippen molar-refractivity contribution in [1.82, 2.24) is 15.8 Å². The summed E-state index contributed by atoms with van der Waals surface area (Å²) < 4.78 is 0. The molecule has 0 atom stereocenters. The highest BCUT2D eigenvalue weighted by atomic mass is 32.1. The molecule has 2 amide bonds. The first-order chi connectivity index (χ1) is 12.6. The molecule has 26 heavy (non-hydrogen) atoms. The van der Waals surface area contributed by atoms with Crippen LogP contribution in [-0.2, 0) is 6.54 Å². The van der Waals surface area contributed by atoms with Gasteiger partial charge in [-0.25, -0.2) is 10.5 Å². The van der Waals surface area contributed by atoms with Crippen molar-refractivity contribution in [1.29, 1.82) is 0 Å². The van der Waals surface area contributed by atoms with Crippen LogP contribution in [0.2, 0.25) is 0 Å². The first-order valence-corrected chi connectivity index (χ1v) is 8.79. The summed E-state index contributed by atoms with van der Waals surface area (Å²) in [7, 11) is 0. The Kier molecular flexibility index (Phi) is 5.40. The molecule has 0 aliphatic heterocycles. The molecule has 0 saturated heterocycles. The number of carbonyl (C=O) groups is 2. The number of nitrogens with one attached hydrogen (secondary N) is 2. The number of benzene rings is 2. The monoisotopic (exact) mass is 367 g/mol. The second-order valence-corrected chi connectivity index (χ2v) is 6.71. The van der Waals surface area contributed by atoms with Gasteiger partial charge in [0.1, 0.15) is 0 Å². The molecule has 0 unspecified atom stereocenters. The van der Waals surface area contributed by atoms with Crippen LogP contribution in [0.4, 0.5) is 0 Å². The molecule has 3 aromatic rings. The van der Waals surface area contributed by atoms with Crippen molar-refractivity contribution in [2.75, 3.05) is 0 Å². The Morgan fingerprint density at radius 3 is 2.19 bits per heavy atom. The minimum atomic E-state index is -0.573. The smallest absolute Gasteiger partial charge is 0.274 e. The quantitative estimate of drug-likeness (QED) is 0.477. The summed E-state index contributed by atoms with van der Waals surface area (Å²) in [5.74, 6) is -0.751. The van der Waals surface area contributed by atoms with Gasteiger partial charge >= 0.3 is 0 Å². The van der Waals surface area contributed by atoms with E-state index in [2.05, 4.69) is 10.3 Å². The Bertz CT molecular complexity index is 918. The average Bonchev–Trinajstić information content (AvgIpc) is 3.12. The van der Waals surface area contributed by atoms with Gasteiger partial charge in [0.15, 0.2) is 0 Å². The number of rotatable bonds is 5. The molecule has 0 saturated carbocycles. The first-order valence-electron chi connectivity index (χ1n) is 7.91. The van der Waals surface area contributed by atoms with Gasteiger partial charge in [-0.2, -0.15) is 0 Å². The molecule has 0 spiro atoms. The first kappa shape index (κ1) is 17.8. The molecule has 6 nitrogen and oxygen atoms in total. The predicted molar refractivity (Wildman–Crippen MR) is 99.2 cm³/mol. The standard InChI is InChI=1S/C19H17N3O3S/c1-12-21-17(11-26-12)14-6-8-15(9-7-14)18(23)20-10-13-2-4-16(5-3-13)19(24)22-25/h2-9,11,25H,10H2,1H3,(H,20,23)(H,22,24). The summed E-state index contributed by atoms with van der Waals surface area (Å²) >= 11 is 1.59. The number of aromatic nitrogens is 1. The minimum absolute atomic E-state index is 0.178. The lowest BCUT2D eigenvalue weighted by molar-refractivity contribution is 0.0706. The number of hydrogen-bond donors (Lipinski definition) is 3. The van der Waals surface area contributed by atoms with Crippen LogP contribution in [0.1, 0.15) is 31.3 Å². The van der Waals surface area contributed by atoms with Crippen molar-refractivity contribution < 1.29 is 14.8 Å². The Hall–Kier alpha value is -3.03. The molecule has 2 aromatic carbocycles. The summed E-state index contributed by atoms with van der Waals surface area (Å²) in [6, 6.07) is 13.9. The number of aryl methyl sites for hydroxylation is 1. The van der Waals surface area contributed by atoms with Gasteiger partial charge in [-0.15, -0.1) is 11.3 Å². The lowest BCUT2D eigenvalue weighted by Gasteiger charge is -2.07. The zero-order valence-electron chi connectivity index (χ0n) is 14.0. The van der Waals surface area contributed by atoms with Crippen molar-refractivity contribution >= 4 is 23.2 Å². The highest BCUT2D eigenvalue weighted by Crippen LogP contribution is 2.21. The van der Waals surface area contributed by atoms with E-state index in [1.54, 1.807) is 53.2 Å². The van der Waals surface area contributed by atoms with Crippen LogP contribution in [0.15, 0.2) is 53.9 Å². The number of hydrogen-bond acceptors (Lipinski definition) is 5. The molecular weight excluding hydrogens is 350 g/mol. The molecular formula is C19H17N3O3S. The fourth-order valence-electron chi connectivity index (χ4n) is 2.41. The Labute approximate surface area is 154 Å². The molecule has 1 aromatic heterocycles. The van der Waals surface area contributed by atoms with Crippen LogP contribution < -0.4 is 10.8 Å². The van der Waals surface area contributed by atoms with E-state index in [1.165, 1.54) is 0 Å². The third-order valence-electron chi connectivity index (χ3n) is 3.83. The molecule has 132 valence electrons. The maximum Gasteiger partial charge on any atom is 0.274 e. The molecule has 0 aliphatic rings. The third kappa shape index (κ3) is 4.14. The Balaban J connectivity index is 1.60. The second-order valence-electron chi connectivity index (χ2n) is 5.65. The Morgan fingerprint density at radius 2 is 1.62 bits per heavy atom. The highest BCUT2D eigenvalue weighted by Gasteiger charge is 2.08. The molecule has 1 heterocycles. The van der Waals surface area contributed by atoms with E-state index < -0.39 is 5.91 Å². The van der Waals surface area contributed by atoms with Gasteiger partial charge in [0.05, 0.1) is 10.7 Å². The third-order valence-corrected chi connectivity index (χ3v) is 4.61. The zero-order chi connectivity index (χ0) is 18.5. The zero-order valence-corrected chi connectivity index (χ0v) is 14.8. The van der Waals surface area contributed by atoms with E-state index in [4.69, 9.17) is 5.21 Å². The van der Waals surface area contributed by atoms with Crippen molar-refractivity contribution in [3.63, 3.8) is 0 Å². The van der Waals surface area contributed by atoms with Crippen LogP contribution in [0.25, 0.3) is 11.3 Å². The molecule has 3 N–H and O–H groups in total. The van der Waals surface area contributed by atoms with Crippen molar-refractivity contribution in [3.05, 3.63) is 75.6 Å². The highest BCUT2D eigenvalue weighted by molar-refractivity contribution is 7.09. The SMILES string of the molecule is Cc1nc(-c2ccc(C(=O)NCc3ccc(C(=O)NO)cc3)cc2)cs1. The van der Waals surface area contributed by atoms with Gasteiger partial charge in [-0.1, -0.05) is 24.3 Å². The lowest BCUT2D eigenvalue weighted by Crippen LogP contribution is -2.23. The van der Waals surface area contributed by atoms with E-state index in [9.17, 15) is 9.59 Å². The van der Waals surface area contributed by atoms with Crippen molar-refractivity contribution in [2.45, 2.75) is 13.5 Å². The largest absolute Gasteiger partial charge is 0.348 e. The van der Waals surface area contributed by atoms with Gasteiger partial charge in [-0.3, -0.25) is 14.8 Å². The van der Waals surface area contributed by atoms with Crippen molar-refractivity contribution in [2.24, 2.45) is 0 Å². The maximum absolute atomic E-state index is 12.3. The topological polar surface area (TPSA) is 91.3 Å². The van der Waals surface area contributed by atoms with Crippen LogP contribution in [0, 0.1) is 6.92 Å².